The van der Waals surface area contributed by atoms with Crippen LogP contribution in [0.25, 0.3) is 22.2 Å². The molecule has 2 aromatic carbocycles. The molecular weight excluding hydrogens is 384 g/mol. The first kappa shape index (κ1) is 19.3. The first-order chi connectivity index (χ1) is 14.4. The van der Waals surface area contributed by atoms with Crippen molar-refractivity contribution in [2.24, 2.45) is 0 Å². The van der Waals surface area contributed by atoms with Crippen molar-refractivity contribution >= 4 is 22.7 Å². The highest BCUT2D eigenvalue weighted by molar-refractivity contribution is 5.94. The zero-order valence-electron chi connectivity index (χ0n) is 16.3. The van der Waals surface area contributed by atoms with Crippen molar-refractivity contribution in [3.8, 4) is 11.3 Å². The van der Waals surface area contributed by atoms with Crippen LogP contribution in [0.5, 0.6) is 0 Å². The second-order valence-electron chi connectivity index (χ2n) is 6.81. The Hall–Kier alpha value is -4.00. The van der Waals surface area contributed by atoms with Gasteiger partial charge in [-0.25, -0.2) is 9.78 Å². The first-order valence-electron chi connectivity index (χ1n) is 9.33. The third-order valence-electron chi connectivity index (χ3n) is 4.68. The highest BCUT2D eigenvalue weighted by Gasteiger charge is 2.20. The number of Topliss-reactive ketones (excluding diaryl/α,β-unsaturated/α-hetero) is 1. The number of H-pyrrole nitrogens is 1. The van der Waals surface area contributed by atoms with Gasteiger partial charge in [0.05, 0.1) is 10.9 Å². The van der Waals surface area contributed by atoms with Gasteiger partial charge in [-0.15, -0.1) is 0 Å². The lowest BCUT2D eigenvalue weighted by molar-refractivity contribution is 0.0284. The molecule has 2 aromatic heterocycles. The number of nitrogens with one attached hydrogen (secondary N) is 1. The molecule has 2 heterocycles. The largest absolute Gasteiger partial charge is 0.449 e. The quantitative estimate of drug-likeness (QED) is 0.394. The van der Waals surface area contributed by atoms with E-state index in [0.29, 0.717) is 22.2 Å². The number of carbonyl (C=O) groups excluding carboxylic acids is 2. The smallest absolute Gasteiger partial charge is 0.374 e. The fraction of sp³-hybridized carbons (Fsp3) is 0.130. The monoisotopic (exact) mass is 402 g/mol. The second kappa shape index (κ2) is 7.79. The molecule has 0 aliphatic carbocycles. The summed E-state index contributed by atoms with van der Waals surface area (Å²) in [5, 5.41) is 0.464. The maximum absolute atomic E-state index is 12.5. The number of carbonyl (C=O) groups is 2. The van der Waals surface area contributed by atoms with Crippen LogP contribution in [0.3, 0.4) is 0 Å². The SMILES string of the molecule is CC(=O)c1ccc(-c2ccc(C(=O)O[C@H](C)c3nc4ccccc4c(=O)[nH]3)o2)cc1. The molecule has 150 valence electrons. The van der Waals surface area contributed by atoms with E-state index in [1.165, 1.54) is 13.0 Å². The number of aromatic nitrogens is 2. The molecule has 0 saturated carbocycles. The molecule has 0 amide bonds. The lowest BCUT2D eigenvalue weighted by atomic mass is 10.1. The summed E-state index contributed by atoms with van der Waals surface area (Å²) in [6, 6.07) is 17.0. The number of ketones is 1. The van der Waals surface area contributed by atoms with Gasteiger partial charge < -0.3 is 14.1 Å². The number of benzene rings is 2. The molecular formula is C23H18N2O5. The van der Waals surface area contributed by atoms with E-state index >= 15 is 0 Å². The van der Waals surface area contributed by atoms with Gasteiger partial charge in [-0.1, -0.05) is 36.4 Å². The number of esters is 1. The number of nitrogens with zero attached hydrogens (tertiary/aromatic N) is 1. The molecule has 0 saturated heterocycles. The first-order valence-corrected chi connectivity index (χ1v) is 9.33. The lowest BCUT2D eigenvalue weighted by Crippen LogP contribution is -2.17. The van der Waals surface area contributed by atoms with E-state index in [9.17, 15) is 14.4 Å². The Bertz CT molecular complexity index is 1300. The fourth-order valence-electron chi connectivity index (χ4n) is 3.04. The Morgan fingerprint density at radius 3 is 2.50 bits per heavy atom. The molecule has 1 atom stereocenters. The highest BCUT2D eigenvalue weighted by Crippen LogP contribution is 2.24. The van der Waals surface area contributed by atoms with Gasteiger partial charge >= 0.3 is 5.97 Å². The molecule has 7 heteroatoms. The normalized spacial score (nSPS) is 11.9. The van der Waals surface area contributed by atoms with E-state index in [1.54, 1.807) is 61.5 Å². The van der Waals surface area contributed by atoms with Crippen molar-refractivity contribution in [1.29, 1.82) is 0 Å². The van der Waals surface area contributed by atoms with E-state index in [4.69, 9.17) is 9.15 Å². The van der Waals surface area contributed by atoms with Gasteiger partial charge in [-0.05, 0) is 38.1 Å². The van der Waals surface area contributed by atoms with Crippen LogP contribution >= 0.6 is 0 Å². The van der Waals surface area contributed by atoms with Gasteiger partial charge in [-0.2, -0.15) is 0 Å². The molecule has 0 radical (unpaired) electrons. The van der Waals surface area contributed by atoms with Crippen LogP contribution in [0.4, 0.5) is 0 Å². The minimum atomic E-state index is -0.779. The number of para-hydroxylation sites is 1. The van der Waals surface area contributed by atoms with E-state index in [2.05, 4.69) is 9.97 Å². The molecule has 0 unspecified atom stereocenters. The Labute approximate surface area is 171 Å². The number of hydrogen-bond acceptors (Lipinski definition) is 6. The van der Waals surface area contributed by atoms with Crippen LogP contribution in [-0.4, -0.2) is 21.7 Å². The summed E-state index contributed by atoms with van der Waals surface area (Å²) in [7, 11) is 0. The third-order valence-corrected chi connectivity index (χ3v) is 4.68. The van der Waals surface area contributed by atoms with Crippen LogP contribution in [0.1, 0.15) is 46.7 Å². The number of ether oxygens (including phenoxy) is 1. The van der Waals surface area contributed by atoms with Crippen molar-refractivity contribution in [3.05, 3.63) is 88.2 Å². The Morgan fingerprint density at radius 1 is 1.03 bits per heavy atom. The molecule has 1 N–H and O–H groups in total. The predicted octanol–water partition coefficient (Wildman–Crippen LogP) is 4.30. The van der Waals surface area contributed by atoms with E-state index in [1.807, 2.05) is 0 Å². The Balaban J connectivity index is 1.52. The van der Waals surface area contributed by atoms with Gasteiger partial charge in [0.25, 0.3) is 5.56 Å². The molecule has 30 heavy (non-hydrogen) atoms. The molecule has 4 rings (SSSR count). The van der Waals surface area contributed by atoms with Gasteiger partial charge in [0.1, 0.15) is 5.76 Å². The third kappa shape index (κ3) is 3.77. The Morgan fingerprint density at radius 2 is 1.77 bits per heavy atom. The molecule has 0 aliphatic rings. The number of furan rings is 1. The van der Waals surface area contributed by atoms with E-state index < -0.39 is 12.1 Å². The summed E-state index contributed by atoms with van der Waals surface area (Å²) in [5.74, 6) is 0.0423. The van der Waals surface area contributed by atoms with Crippen LogP contribution in [0, 0.1) is 0 Å². The van der Waals surface area contributed by atoms with Gasteiger partial charge in [-0.3, -0.25) is 9.59 Å². The summed E-state index contributed by atoms with van der Waals surface area (Å²) in [6.45, 7) is 3.12. The maximum atomic E-state index is 12.5. The molecule has 0 aliphatic heterocycles. The number of aromatic amines is 1. The predicted molar refractivity (Wildman–Crippen MR) is 110 cm³/mol. The minimum absolute atomic E-state index is 0.0237. The summed E-state index contributed by atoms with van der Waals surface area (Å²) in [4.78, 5) is 43.1. The number of hydrogen-bond donors (Lipinski definition) is 1. The topological polar surface area (TPSA) is 102 Å². The standard InChI is InChI=1S/C23H18N2O5/c1-13(26)15-7-9-16(10-8-15)19-11-12-20(30-19)23(28)29-14(2)21-24-18-6-4-3-5-17(18)22(27)25-21/h3-12,14H,1-2H3,(H,24,25,27)/t14-/m1/s1. The van der Waals surface area contributed by atoms with Crippen molar-refractivity contribution in [2.75, 3.05) is 0 Å². The molecule has 7 nitrogen and oxygen atoms in total. The molecule has 0 fully saturated rings. The van der Waals surface area contributed by atoms with Crippen LogP contribution in [0.15, 0.2) is 69.9 Å². The zero-order chi connectivity index (χ0) is 21.3. The van der Waals surface area contributed by atoms with Crippen molar-refractivity contribution in [3.63, 3.8) is 0 Å². The summed E-state index contributed by atoms with van der Waals surface area (Å²) in [6.07, 6.45) is -0.779. The summed E-state index contributed by atoms with van der Waals surface area (Å²) in [5.41, 5.74) is 1.55. The lowest BCUT2D eigenvalue weighted by Gasteiger charge is -2.12. The van der Waals surface area contributed by atoms with Gasteiger partial charge in [0.15, 0.2) is 17.7 Å². The van der Waals surface area contributed by atoms with Crippen molar-refractivity contribution in [1.82, 2.24) is 9.97 Å². The van der Waals surface area contributed by atoms with Gasteiger partial charge in [0.2, 0.25) is 5.76 Å². The van der Waals surface area contributed by atoms with E-state index in [0.717, 1.165) is 5.56 Å². The number of fused-ring (bicyclic) bond motifs is 1. The van der Waals surface area contributed by atoms with Crippen LogP contribution < -0.4 is 5.56 Å². The van der Waals surface area contributed by atoms with E-state index in [-0.39, 0.29) is 22.9 Å². The zero-order valence-corrected chi connectivity index (χ0v) is 16.3. The highest BCUT2D eigenvalue weighted by atomic mass is 16.6. The molecule has 4 aromatic rings. The average molecular weight is 402 g/mol. The second-order valence-corrected chi connectivity index (χ2v) is 6.81. The van der Waals surface area contributed by atoms with Gasteiger partial charge in [0, 0.05) is 11.1 Å². The number of rotatable bonds is 5. The summed E-state index contributed by atoms with van der Waals surface area (Å²) < 4.78 is 11.0. The fourth-order valence-corrected chi connectivity index (χ4v) is 3.04. The average Bonchev–Trinajstić information content (AvgIpc) is 3.24. The molecule has 0 bridgehead atoms. The minimum Gasteiger partial charge on any atom is -0.449 e. The maximum Gasteiger partial charge on any atom is 0.374 e. The molecule has 0 spiro atoms. The Kier molecular flexibility index (Phi) is 5.02. The van der Waals surface area contributed by atoms with Crippen LogP contribution in [-0.2, 0) is 4.74 Å². The van der Waals surface area contributed by atoms with Crippen molar-refractivity contribution < 1.29 is 18.7 Å². The van der Waals surface area contributed by atoms with Crippen LogP contribution in [0.2, 0.25) is 0 Å². The summed E-state index contributed by atoms with van der Waals surface area (Å²) >= 11 is 0. The van der Waals surface area contributed by atoms with Crippen molar-refractivity contribution in [2.45, 2.75) is 20.0 Å².